The molecule has 15 heavy (non-hydrogen) atoms. The number of halogens is 3. The van der Waals surface area contributed by atoms with Crippen LogP contribution in [0.5, 0.6) is 0 Å². The zero-order valence-corrected chi connectivity index (χ0v) is 8.76. The number of benzene rings is 1. The van der Waals surface area contributed by atoms with Gasteiger partial charge in [0.2, 0.25) is 5.91 Å². The van der Waals surface area contributed by atoms with Gasteiger partial charge in [0.25, 0.3) is 6.43 Å². The topological polar surface area (TPSA) is 29.1 Å². The van der Waals surface area contributed by atoms with Crippen molar-refractivity contribution in [2.75, 3.05) is 5.32 Å². The third-order valence-electron chi connectivity index (χ3n) is 1.79. The molecule has 1 unspecified atom stereocenters. The smallest absolute Gasteiger partial charge is 0.263 e. The molecule has 0 spiro atoms. The average molecular weight is 234 g/mol. The van der Waals surface area contributed by atoms with E-state index < -0.39 is 11.8 Å². The molecule has 0 aliphatic carbocycles. The lowest BCUT2D eigenvalue weighted by molar-refractivity contribution is -0.115. The molecule has 1 amide bonds. The summed E-state index contributed by atoms with van der Waals surface area (Å²) in [5, 5.41) is 1.84. The van der Waals surface area contributed by atoms with Crippen LogP contribution in [0.25, 0.3) is 0 Å². The second-order valence-electron chi connectivity index (χ2n) is 3.03. The number of carbonyl (C=O) groups excluding carboxylic acids is 1. The molecule has 1 aromatic carbocycles. The van der Waals surface area contributed by atoms with Gasteiger partial charge in [0.15, 0.2) is 0 Å². The Hall–Kier alpha value is -1.16. The first-order chi connectivity index (χ1) is 7.00. The Labute approximate surface area is 91.2 Å². The Kier molecular flexibility index (Phi) is 4.03. The fourth-order valence-electron chi connectivity index (χ4n) is 0.954. The van der Waals surface area contributed by atoms with Crippen molar-refractivity contribution in [3.8, 4) is 0 Å². The van der Waals surface area contributed by atoms with E-state index in [1.165, 1.54) is 31.2 Å². The van der Waals surface area contributed by atoms with Gasteiger partial charge in [-0.15, -0.1) is 11.6 Å². The zero-order chi connectivity index (χ0) is 11.4. The fraction of sp³-hybridized carbons (Fsp3) is 0.300. The molecule has 0 radical (unpaired) electrons. The lowest BCUT2D eigenvalue weighted by atomic mass is 10.2. The van der Waals surface area contributed by atoms with E-state index in [1.54, 1.807) is 0 Å². The van der Waals surface area contributed by atoms with Crippen molar-refractivity contribution >= 4 is 23.2 Å². The predicted octanol–water partition coefficient (Wildman–Crippen LogP) is 3.19. The van der Waals surface area contributed by atoms with Gasteiger partial charge in [0.05, 0.1) is 0 Å². The summed E-state index contributed by atoms with van der Waals surface area (Å²) in [6, 6.07) is 5.36. The number of anilines is 1. The summed E-state index contributed by atoms with van der Waals surface area (Å²) < 4.78 is 24.4. The van der Waals surface area contributed by atoms with Crippen LogP contribution in [0.4, 0.5) is 14.5 Å². The van der Waals surface area contributed by atoms with Crippen LogP contribution < -0.4 is 5.32 Å². The van der Waals surface area contributed by atoms with Gasteiger partial charge in [0, 0.05) is 11.3 Å². The summed E-state index contributed by atoms with van der Waals surface area (Å²) in [6.45, 7) is 1.53. The maximum Gasteiger partial charge on any atom is 0.263 e. The minimum atomic E-state index is -2.50. The highest BCUT2D eigenvalue weighted by Crippen LogP contribution is 2.20. The van der Waals surface area contributed by atoms with Gasteiger partial charge < -0.3 is 5.32 Å². The van der Waals surface area contributed by atoms with Crippen molar-refractivity contribution < 1.29 is 13.6 Å². The lowest BCUT2D eigenvalue weighted by Gasteiger charge is -2.07. The summed E-state index contributed by atoms with van der Waals surface area (Å²) in [4.78, 5) is 11.1. The van der Waals surface area contributed by atoms with E-state index in [0.29, 0.717) is 5.69 Å². The van der Waals surface area contributed by atoms with E-state index in [0.717, 1.165) is 0 Å². The SMILES string of the molecule is CC(Cl)C(=O)Nc1ccc(C(F)F)cc1. The highest BCUT2D eigenvalue weighted by atomic mass is 35.5. The van der Waals surface area contributed by atoms with E-state index in [1.807, 2.05) is 0 Å². The number of nitrogens with one attached hydrogen (secondary N) is 1. The van der Waals surface area contributed by atoms with Gasteiger partial charge in [-0.3, -0.25) is 4.79 Å². The molecular formula is C10H10ClF2NO. The van der Waals surface area contributed by atoms with Crippen molar-refractivity contribution in [3.05, 3.63) is 29.8 Å². The quantitative estimate of drug-likeness (QED) is 0.799. The third kappa shape index (κ3) is 3.47. The molecule has 0 aromatic heterocycles. The number of amides is 1. The Balaban J connectivity index is 2.69. The summed E-state index contributed by atoms with van der Waals surface area (Å²) in [6.07, 6.45) is -2.50. The van der Waals surface area contributed by atoms with E-state index in [-0.39, 0.29) is 11.5 Å². The minimum absolute atomic E-state index is 0.0769. The van der Waals surface area contributed by atoms with Crippen LogP contribution in [0.2, 0.25) is 0 Å². The Morgan fingerprint density at radius 3 is 2.27 bits per heavy atom. The fourth-order valence-corrected chi connectivity index (χ4v) is 1.01. The number of alkyl halides is 3. The molecule has 1 aromatic rings. The molecule has 0 heterocycles. The van der Waals surface area contributed by atoms with Gasteiger partial charge in [-0.2, -0.15) is 0 Å². The van der Waals surface area contributed by atoms with E-state index in [9.17, 15) is 13.6 Å². The van der Waals surface area contributed by atoms with Crippen LogP contribution in [0.15, 0.2) is 24.3 Å². The summed E-state index contributed by atoms with van der Waals surface area (Å²) in [5.41, 5.74) is 0.379. The number of carbonyl (C=O) groups is 1. The summed E-state index contributed by atoms with van der Waals surface area (Å²) in [5.74, 6) is -0.360. The van der Waals surface area contributed by atoms with Gasteiger partial charge in [-0.25, -0.2) is 8.78 Å². The standard InChI is InChI=1S/C10H10ClF2NO/c1-6(11)10(15)14-8-4-2-7(3-5-8)9(12)13/h2-6,9H,1H3,(H,14,15). The third-order valence-corrected chi connectivity index (χ3v) is 1.99. The van der Waals surface area contributed by atoms with Crippen molar-refractivity contribution in [1.29, 1.82) is 0 Å². The van der Waals surface area contributed by atoms with Crippen LogP contribution >= 0.6 is 11.6 Å². The van der Waals surface area contributed by atoms with Crippen molar-refractivity contribution in [1.82, 2.24) is 0 Å². The van der Waals surface area contributed by atoms with Gasteiger partial charge >= 0.3 is 0 Å². The van der Waals surface area contributed by atoms with Crippen LogP contribution in [-0.4, -0.2) is 11.3 Å². The molecule has 0 saturated heterocycles. The van der Waals surface area contributed by atoms with Crippen LogP contribution in [-0.2, 0) is 4.79 Å². The maximum absolute atomic E-state index is 12.2. The van der Waals surface area contributed by atoms with Crippen LogP contribution in [0, 0.1) is 0 Å². The molecule has 5 heteroatoms. The van der Waals surface area contributed by atoms with Crippen molar-refractivity contribution in [2.45, 2.75) is 18.7 Å². The Bertz CT molecular complexity index is 338. The summed E-state index contributed by atoms with van der Waals surface area (Å²) in [7, 11) is 0. The first-order valence-corrected chi connectivity index (χ1v) is 4.77. The van der Waals surface area contributed by atoms with E-state index in [4.69, 9.17) is 11.6 Å². The highest BCUT2D eigenvalue weighted by Gasteiger charge is 2.10. The molecule has 0 saturated carbocycles. The molecule has 0 aliphatic heterocycles. The van der Waals surface area contributed by atoms with Crippen molar-refractivity contribution in [3.63, 3.8) is 0 Å². The number of rotatable bonds is 3. The normalized spacial score (nSPS) is 12.6. The summed E-state index contributed by atoms with van der Waals surface area (Å²) >= 11 is 5.53. The molecule has 1 rings (SSSR count). The average Bonchev–Trinajstić information content (AvgIpc) is 2.18. The largest absolute Gasteiger partial charge is 0.325 e. The molecule has 82 valence electrons. The second-order valence-corrected chi connectivity index (χ2v) is 3.68. The first kappa shape index (κ1) is 11.9. The highest BCUT2D eigenvalue weighted by molar-refractivity contribution is 6.32. The molecular weight excluding hydrogens is 224 g/mol. The van der Waals surface area contributed by atoms with Gasteiger partial charge in [0.1, 0.15) is 5.38 Å². The Morgan fingerprint density at radius 1 is 1.33 bits per heavy atom. The van der Waals surface area contributed by atoms with Crippen LogP contribution in [0.1, 0.15) is 18.9 Å². The Morgan fingerprint density at radius 2 is 1.87 bits per heavy atom. The van der Waals surface area contributed by atoms with Crippen LogP contribution in [0.3, 0.4) is 0 Å². The lowest BCUT2D eigenvalue weighted by Crippen LogP contribution is -2.20. The van der Waals surface area contributed by atoms with E-state index in [2.05, 4.69) is 5.32 Å². The molecule has 1 atom stereocenters. The van der Waals surface area contributed by atoms with Crippen molar-refractivity contribution in [2.24, 2.45) is 0 Å². The molecule has 0 aliphatic rings. The second kappa shape index (κ2) is 5.07. The first-order valence-electron chi connectivity index (χ1n) is 4.33. The molecule has 2 nitrogen and oxygen atoms in total. The maximum atomic E-state index is 12.2. The van der Waals surface area contributed by atoms with E-state index >= 15 is 0 Å². The van der Waals surface area contributed by atoms with Gasteiger partial charge in [-0.1, -0.05) is 12.1 Å². The number of hydrogen-bond donors (Lipinski definition) is 1. The predicted molar refractivity (Wildman–Crippen MR) is 55.3 cm³/mol. The molecule has 1 N–H and O–H groups in total. The minimum Gasteiger partial charge on any atom is -0.325 e. The number of hydrogen-bond acceptors (Lipinski definition) is 1. The van der Waals surface area contributed by atoms with Gasteiger partial charge in [-0.05, 0) is 19.1 Å². The molecule has 0 bridgehead atoms. The molecule has 0 fully saturated rings. The monoisotopic (exact) mass is 233 g/mol. The zero-order valence-electron chi connectivity index (χ0n) is 8.01.